The van der Waals surface area contributed by atoms with Crippen LogP contribution in [0.3, 0.4) is 0 Å². The monoisotopic (exact) mass is 344 g/mol. The van der Waals surface area contributed by atoms with Crippen LogP contribution < -0.4 is 0 Å². The highest BCUT2D eigenvalue weighted by Crippen LogP contribution is 2.24. The zero-order chi connectivity index (χ0) is 16.9. The predicted octanol–water partition coefficient (Wildman–Crippen LogP) is 4.42. The van der Waals surface area contributed by atoms with E-state index in [4.69, 9.17) is 0 Å². The summed E-state index contributed by atoms with van der Waals surface area (Å²) >= 11 is 4.07. The van der Waals surface area contributed by atoms with Gasteiger partial charge in [0.05, 0.1) is 11.5 Å². The van der Waals surface area contributed by atoms with Gasteiger partial charge in [-0.3, -0.25) is 0 Å². The summed E-state index contributed by atoms with van der Waals surface area (Å²) in [5.74, 6) is 4.00. The molecular weight excluding hydrogens is 308 g/mol. The molecule has 4 heteroatoms. The predicted molar refractivity (Wildman–Crippen MR) is 105 cm³/mol. The third kappa shape index (κ3) is 5.02. The van der Waals surface area contributed by atoms with E-state index in [9.17, 15) is 0 Å². The molecule has 0 N–H and O–H groups in total. The van der Waals surface area contributed by atoms with E-state index >= 15 is 0 Å². The molecular formula is C18H36N2S2+2. The molecule has 2 aliphatic heterocycles. The number of nitrogens with zero attached hydrogens (tertiary/aromatic N) is 2. The van der Waals surface area contributed by atoms with Crippen molar-refractivity contribution >= 4 is 33.6 Å². The van der Waals surface area contributed by atoms with Gasteiger partial charge < -0.3 is 0 Å². The van der Waals surface area contributed by atoms with Crippen molar-refractivity contribution in [2.24, 2.45) is 11.8 Å². The molecule has 0 aromatic carbocycles. The fourth-order valence-electron chi connectivity index (χ4n) is 3.08. The summed E-state index contributed by atoms with van der Waals surface area (Å²) < 4.78 is 4.91. The van der Waals surface area contributed by atoms with Crippen LogP contribution in [0.25, 0.3) is 0 Å². The van der Waals surface area contributed by atoms with Crippen LogP contribution in [0.2, 0.25) is 0 Å². The van der Waals surface area contributed by atoms with Crippen LogP contribution in [0.5, 0.6) is 0 Å². The van der Waals surface area contributed by atoms with Gasteiger partial charge in [0, 0.05) is 24.7 Å². The first kappa shape index (κ1) is 20.1. The van der Waals surface area contributed by atoms with E-state index in [1.165, 1.54) is 24.3 Å². The van der Waals surface area contributed by atoms with Crippen LogP contribution in [-0.2, 0) is 0 Å². The third-order valence-corrected chi connectivity index (χ3v) is 7.78. The van der Waals surface area contributed by atoms with Gasteiger partial charge in [0.2, 0.25) is 10.1 Å². The van der Waals surface area contributed by atoms with Gasteiger partial charge >= 0.3 is 0 Å². The van der Waals surface area contributed by atoms with E-state index in [1.807, 2.05) is 23.5 Å². The van der Waals surface area contributed by atoms with Crippen LogP contribution >= 0.6 is 23.5 Å². The lowest BCUT2D eigenvalue weighted by molar-refractivity contribution is -0.529. The summed E-state index contributed by atoms with van der Waals surface area (Å²) in [7, 11) is 4.45. The first-order chi connectivity index (χ1) is 10.3. The third-order valence-electron chi connectivity index (χ3n) is 4.57. The summed E-state index contributed by atoms with van der Waals surface area (Å²) in [6.45, 7) is 13.6. The molecule has 0 radical (unpaired) electrons. The number of hydrogen-bond donors (Lipinski definition) is 0. The average Bonchev–Trinajstić information content (AvgIpc) is 3.02. The van der Waals surface area contributed by atoms with E-state index in [-0.39, 0.29) is 0 Å². The second-order valence-corrected chi connectivity index (χ2v) is 9.03. The van der Waals surface area contributed by atoms with Crippen LogP contribution in [-0.4, -0.2) is 56.9 Å². The largest absolute Gasteiger partial charge is 0.227 e. The Morgan fingerprint density at radius 2 is 1.14 bits per heavy atom. The lowest BCUT2D eigenvalue weighted by Crippen LogP contribution is -2.23. The Labute approximate surface area is 146 Å². The molecule has 0 unspecified atom stereocenters. The topological polar surface area (TPSA) is 6.02 Å². The molecule has 2 aliphatic rings. The Balaban J connectivity index is 0.000000220. The Bertz CT molecular complexity index is 385. The van der Waals surface area contributed by atoms with Gasteiger partial charge in [-0.15, -0.1) is 0 Å². The molecule has 0 bridgehead atoms. The molecule has 2 rings (SSSR count). The minimum absolute atomic E-state index is 0.710. The van der Waals surface area contributed by atoms with Crippen molar-refractivity contribution in [1.82, 2.24) is 0 Å². The fraction of sp³-hybridized carbons (Fsp3) is 0.889. The number of rotatable bonds is 4. The quantitative estimate of drug-likeness (QED) is 0.696. The highest BCUT2D eigenvalue weighted by atomic mass is 32.2. The SMILES string of the molecule is CC[C@H]1CSC(C(C)C)=[N+]1C.CC[C@H]1CSC(C(C)C)=[N+]1C. The average molecular weight is 345 g/mol. The smallest absolute Gasteiger partial charge is 0.213 e. The molecule has 0 saturated carbocycles. The maximum Gasteiger partial charge on any atom is 0.213 e. The van der Waals surface area contributed by atoms with Gasteiger partial charge in [-0.25, -0.2) is 9.15 Å². The molecule has 128 valence electrons. The molecule has 2 nitrogen and oxygen atoms in total. The molecule has 0 saturated heterocycles. The van der Waals surface area contributed by atoms with Gasteiger partial charge in [0.1, 0.15) is 14.1 Å². The Hall–Kier alpha value is 0.0400. The minimum atomic E-state index is 0.710. The standard InChI is InChI=1S/2C9H18NS/c2*1-5-8-6-11-9(7(2)3)10(8)4/h2*7-8H,5-6H2,1-4H3/q2*+1/t2*8-/m00/s1. The van der Waals surface area contributed by atoms with Crippen molar-refractivity contribution in [2.75, 3.05) is 25.6 Å². The summed E-state index contributed by atoms with van der Waals surface area (Å²) in [5.41, 5.74) is 0. The highest BCUT2D eigenvalue weighted by Gasteiger charge is 2.31. The lowest BCUT2D eigenvalue weighted by Gasteiger charge is -2.03. The molecule has 0 spiro atoms. The zero-order valence-electron chi connectivity index (χ0n) is 15.8. The van der Waals surface area contributed by atoms with Crippen LogP contribution in [0, 0.1) is 11.8 Å². The first-order valence-corrected chi connectivity index (χ1v) is 10.7. The lowest BCUT2D eigenvalue weighted by atomic mass is 10.2. The molecule has 0 fully saturated rings. The van der Waals surface area contributed by atoms with Crippen molar-refractivity contribution in [3.8, 4) is 0 Å². The van der Waals surface area contributed by atoms with E-state index in [1.54, 1.807) is 10.1 Å². The molecule has 0 amide bonds. The maximum atomic E-state index is 2.45. The van der Waals surface area contributed by atoms with Gasteiger partial charge in [-0.1, -0.05) is 65.1 Å². The van der Waals surface area contributed by atoms with E-state index in [0.717, 1.165) is 12.1 Å². The minimum Gasteiger partial charge on any atom is -0.227 e. The van der Waals surface area contributed by atoms with Gasteiger partial charge in [-0.05, 0) is 0 Å². The van der Waals surface area contributed by atoms with E-state index < -0.39 is 0 Å². The first-order valence-electron chi connectivity index (χ1n) is 8.78. The fourth-order valence-corrected chi connectivity index (χ4v) is 6.10. The van der Waals surface area contributed by atoms with E-state index in [0.29, 0.717) is 11.8 Å². The van der Waals surface area contributed by atoms with Gasteiger partial charge in [0.15, 0.2) is 12.1 Å². The Morgan fingerprint density at radius 1 is 0.818 bits per heavy atom. The molecule has 0 aliphatic carbocycles. The van der Waals surface area contributed by atoms with Crippen LogP contribution in [0.1, 0.15) is 54.4 Å². The highest BCUT2D eigenvalue weighted by molar-refractivity contribution is 8.14. The normalized spacial score (nSPS) is 25.4. The molecule has 0 aromatic rings. The van der Waals surface area contributed by atoms with Crippen LogP contribution in [0.4, 0.5) is 0 Å². The molecule has 2 heterocycles. The van der Waals surface area contributed by atoms with Crippen molar-refractivity contribution in [3.63, 3.8) is 0 Å². The van der Waals surface area contributed by atoms with Crippen molar-refractivity contribution in [3.05, 3.63) is 0 Å². The summed E-state index contributed by atoms with van der Waals surface area (Å²) in [4.78, 5) is 0. The summed E-state index contributed by atoms with van der Waals surface area (Å²) in [6, 6.07) is 1.58. The summed E-state index contributed by atoms with van der Waals surface area (Å²) in [6.07, 6.45) is 2.56. The maximum absolute atomic E-state index is 2.45. The van der Waals surface area contributed by atoms with E-state index in [2.05, 4.69) is 64.8 Å². The Kier molecular flexibility index (Phi) is 8.55. The summed E-state index contributed by atoms with van der Waals surface area (Å²) in [5, 5.41) is 3.13. The van der Waals surface area contributed by atoms with Gasteiger partial charge in [0.25, 0.3) is 0 Å². The van der Waals surface area contributed by atoms with Crippen molar-refractivity contribution < 1.29 is 9.15 Å². The molecule has 2 atom stereocenters. The van der Waals surface area contributed by atoms with Gasteiger partial charge in [-0.2, -0.15) is 0 Å². The second kappa shape index (κ2) is 9.36. The van der Waals surface area contributed by atoms with Crippen molar-refractivity contribution in [1.29, 1.82) is 0 Å². The van der Waals surface area contributed by atoms with Crippen molar-refractivity contribution in [2.45, 2.75) is 66.5 Å². The Morgan fingerprint density at radius 3 is 1.27 bits per heavy atom. The number of hydrogen-bond acceptors (Lipinski definition) is 2. The molecule has 22 heavy (non-hydrogen) atoms. The zero-order valence-corrected chi connectivity index (χ0v) is 17.5. The molecule has 0 aromatic heterocycles. The van der Waals surface area contributed by atoms with Crippen LogP contribution in [0.15, 0.2) is 0 Å². The second-order valence-electron chi connectivity index (χ2n) is 6.95. The number of thioether (sulfide) groups is 2.